The second kappa shape index (κ2) is 7.56. The van der Waals surface area contributed by atoms with E-state index in [1.54, 1.807) is 0 Å². The van der Waals surface area contributed by atoms with E-state index in [2.05, 4.69) is 10.2 Å². The monoisotopic (exact) mass is 404 g/mol. The maximum absolute atomic E-state index is 13.0. The molecule has 1 aliphatic rings. The van der Waals surface area contributed by atoms with Gasteiger partial charge in [-0.25, -0.2) is 8.42 Å². The molecular formula is C18H20N4O5S. The molecule has 0 radical (unpaired) electrons. The maximum atomic E-state index is 13.0. The lowest BCUT2D eigenvalue weighted by molar-refractivity contribution is -0.384. The first kappa shape index (κ1) is 19.8. The highest BCUT2D eigenvalue weighted by atomic mass is 32.2. The molecule has 0 spiro atoms. The number of anilines is 1. The van der Waals surface area contributed by atoms with Crippen molar-refractivity contribution in [2.45, 2.75) is 22.3 Å². The number of nitrogens with one attached hydrogen (secondary N) is 1. The van der Waals surface area contributed by atoms with Crippen LogP contribution in [-0.4, -0.2) is 50.3 Å². The molecule has 0 aromatic heterocycles. The van der Waals surface area contributed by atoms with Crippen LogP contribution in [-0.2, 0) is 9.84 Å². The number of hydrogen-bond acceptors (Lipinski definition) is 7. The first-order valence-electron chi connectivity index (χ1n) is 8.57. The minimum atomic E-state index is -4.16. The Hall–Kier alpha value is -2.98. The number of carbonyl (C=O) groups is 1. The molecule has 9 nitrogen and oxygen atoms in total. The van der Waals surface area contributed by atoms with Crippen LogP contribution in [0.2, 0.25) is 0 Å². The SMILES string of the molecule is CN1CC[C@H](Nc2ccc(S(=O)(=O)c3ccccc3C(N)=O)cc2[N+](=O)[O-])C1. The molecule has 3 N–H and O–H groups in total. The average Bonchev–Trinajstić information content (AvgIpc) is 3.06. The number of benzene rings is 2. The van der Waals surface area contributed by atoms with Crippen molar-refractivity contribution >= 4 is 27.1 Å². The molecule has 1 aliphatic heterocycles. The molecule has 0 saturated carbocycles. The number of likely N-dealkylation sites (tertiary alicyclic amines) is 1. The van der Waals surface area contributed by atoms with Crippen LogP contribution in [0.5, 0.6) is 0 Å². The standard InChI is InChI=1S/C18H20N4O5S/c1-21-9-8-12(11-21)20-15-7-6-13(10-16(15)22(24)25)28(26,27)17-5-3-2-4-14(17)18(19)23/h2-7,10,12,20H,8-9,11H2,1H3,(H2,19,23)/t12-/m0/s1. The Morgan fingerprint density at radius 2 is 2.00 bits per heavy atom. The van der Waals surface area contributed by atoms with Gasteiger partial charge in [-0.1, -0.05) is 12.1 Å². The smallest absolute Gasteiger partial charge is 0.293 e. The molecule has 3 rings (SSSR count). The van der Waals surface area contributed by atoms with Gasteiger partial charge in [-0.2, -0.15) is 0 Å². The zero-order chi connectivity index (χ0) is 20.5. The van der Waals surface area contributed by atoms with Crippen molar-refractivity contribution < 1.29 is 18.1 Å². The zero-order valence-corrected chi connectivity index (χ0v) is 16.0. The Labute approximate surface area is 162 Å². The molecule has 1 atom stereocenters. The van der Waals surface area contributed by atoms with Crippen LogP contribution in [0.4, 0.5) is 11.4 Å². The van der Waals surface area contributed by atoms with Crippen molar-refractivity contribution in [3.63, 3.8) is 0 Å². The van der Waals surface area contributed by atoms with E-state index in [0.717, 1.165) is 25.6 Å². The third-order valence-corrected chi connectivity index (χ3v) is 6.48. The third kappa shape index (κ3) is 3.82. The van der Waals surface area contributed by atoms with Crippen LogP contribution < -0.4 is 11.1 Å². The van der Waals surface area contributed by atoms with E-state index in [0.29, 0.717) is 0 Å². The van der Waals surface area contributed by atoms with Gasteiger partial charge < -0.3 is 16.0 Å². The molecule has 10 heteroatoms. The van der Waals surface area contributed by atoms with Crippen molar-refractivity contribution in [2.75, 3.05) is 25.5 Å². The summed E-state index contributed by atoms with van der Waals surface area (Å²) in [5.41, 5.74) is 5.02. The summed E-state index contributed by atoms with van der Waals surface area (Å²) in [6.45, 7) is 1.62. The number of rotatable bonds is 6. The second-order valence-corrected chi connectivity index (χ2v) is 8.61. The molecule has 1 saturated heterocycles. The summed E-state index contributed by atoms with van der Waals surface area (Å²) in [4.78, 5) is 24.0. The van der Waals surface area contributed by atoms with Gasteiger partial charge in [0.1, 0.15) is 5.69 Å². The van der Waals surface area contributed by atoms with Gasteiger partial charge in [0.05, 0.1) is 20.3 Å². The maximum Gasteiger partial charge on any atom is 0.293 e. The van der Waals surface area contributed by atoms with E-state index < -0.39 is 20.7 Å². The molecule has 0 bridgehead atoms. The van der Waals surface area contributed by atoms with E-state index in [-0.39, 0.29) is 32.8 Å². The number of nitrogens with two attached hydrogens (primary N) is 1. The van der Waals surface area contributed by atoms with Gasteiger partial charge in [-0.3, -0.25) is 14.9 Å². The minimum Gasteiger partial charge on any atom is -0.375 e. The predicted molar refractivity (Wildman–Crippen MR) is 103 cm³/mol. The first-order chi connectivity index (χ1) is 13.2. The molecule has 1 fully saturated rings. The van der Waals surface area contributed by atoms with E-state index >= 15 is 0 Å². The Kier molecular flexibility index (Phi) is 5.34. The fourth-order valence-corrected chi connectivity index (χ4v) is 4.74. The zero-order valence-electron chi connectivity index (χ0n) is 15.2. The fourth-order valence-electron chi connectivity index (χ4n) is 3.26. The molecule has 0 unspecified atom stereocenters. The van der Waals surface area contributed by atoms with Crippen LogP contribution >= 0.6 is 0 Å². The number of nitro groups is 1. The van der Waals surface area contributed by atoms with Crippen LogP contribution in [0.25, 0.3) is 0 Å². The van der Waals surface area contributed by atoms with E-state index in [1.165, 1.54) is 36.4 Å². The van der Waals surface area contributed by atoms with Crippen LogP contribution in [0.15, 0.2) is 52.3 Å². The number of hydrogen-bond donors (Lipinski definition) is 2. The van der Waals surface area contributed by atoms with Crippen molar-refractivity contribution in [2.24, 2.45) is 5.73 Å². The Morgan fingerprint density at radius 1 is 1.29 bits per heavy atom. The lowest BCUT2D eigenvalue weighted by Gasteiger charge is -2.15. The summed E-state index contributed by atoms with van der Waals surface area (Å²) in [5, 5.41) is 14.7. The molecule has 2 aromatic rings. The number of nitrogens with zero attached hydrogens (tertiary/aromatic N) is 2. The summed E-state index contributed by atoms with van der Waals surface area (Å²) < 4.78 is 26.0. The van der Waals surface area contributed by atoms with Crippen LogP contribution in [0, 0.1) is 10.1 Å². The van der Waals surface area contributed by atoms with Gasteiger partial charge in [0, 0.05) is 18.7 Å². The lowest BCUT2D eigenvalue weighted by Crippen LogP contribution is -2.24. The first-order valence-corrected chi connectivity index (χ1v) is 10.1. The van der Waals surface area contributed by atoms with Gasteiger partial charge in [0.15, 0.2) is 0 Å². The number of carbonyl (C=O) groups excluding carboxylic acids is 1. The molecule has 2 aromatic carbocycles. The summed E-state index contributed by atoms with van der Waals surface area (Å²) >= 11 is 0. The number of likely N-dealkylation sites (N-methyl/N-ethyl adjacent to an activating group) is 1. The van der Waals surface area contributed by atoms with Crippen molar-refractivity contribution in [1.29, 1.82) is 0 Å². The summed E-state index contributed by atoms with van der Waals surface area (Å²) in [6.07, 6.45) is 0.833. The quantitative estimate of drug-likeness (QED) is 0.552. The topological polar surface area (TPSA) is 136 Å². The summed E-state index contributed by atoms with van der Waals surface area (Å²) in [5.74, 6) is -0.891. The third-order valence-electron chi connectivity index (χ3n) is 4.67. The van der Waals surface area contributed by atoms with Crippen molar-refractivity contribution in [1.82, 2.24) is 4.90 Å². The van der Waals surface area contributed by atoms with Gasteiger partial charge in [-0.15, -0.1) is 0 Å². The molecule has 148 valence electrons. The average molecular weight is 404 g/mol. The molecular weight excluding hydrogens is 384 g/mol. The van der Waals surface area contributed by atoms with Crippen LogP contribution in [0.1, 0.15) is 16.8 Å². The summed E-state index contributed by atoms with van der Waals surface area (Å²) in [7, 11) is -2.20. The Balaban J connectivity index is 2.02. The highest BCUT2D eigenvalue weighted by Gasteiger charge is 2.28. The van der Waals surface area contributed by atoms with E-state index in [1.807, 2.05) is 7.05 Å². The second-order valence-electron chi connectivity index (χ2n) is 6.69. The van der Waals surface area contributed by atoms with Gasteiger partial charge >= 0.3 is 0 Å². The number of amides is 1. The predicted octanol–water partition coefficient (Wildman–Crippen LogP) is 1.64. The number of nitro benzene ring substituents is 1. The molecule has 1 amide bonds. The Bertz CT molecular complexity index is 1040. The van der Waals surface area contributed by atoms with E-state index in [9.17, 15) is 23.3 Å². The lowest BCUT2D eigenvalue weighted by atomic mass is 10.2. The fraction of sp³-hybridized carbons (Fsp3) is 0.278. The number of primary amides is 1. The van der Waals surface area contributed by atoms with Crippen molar-refractivity contribution in [3.8, 4) is 0 Å². The molecule has 1 heterocycles. The normalized spacial score (nSPS) is 17.4. The van der Waals surface area contributed by atoms with Crippen LogP contribution in [0.3, 0.4) is 0 Å². The molecule has 0 aliphatic carbocycles. The van der Waals surface area contributed by atoms with Crippen molar-refractivity contribution in [3.05, 3.63) is 58.1 Å². The Morgan fingerprint density at radius 3 is 2.61 bits per heavy atom. The minimum absolute atomic E-state index is 0.0433. The van der Waals surface area contributed by atoms with Gasteiger partial charge in [0.2, 0.25) is 15.7 Å². The highest BCUT2D eigenvalue weighted by Crippen LogP contribution is 2.32. The number of sulfone groups is 1. The highest BCUT2D eigenvalue weighted by molar-refractivity contribution is 7.91. The van der Waals surface area contributed by atoms with Gasteiger partial charge in [0.25, 0.3) is 5.69 Å². The largest absolute Gasteiger partial charge is 0.375 e. The molecule has 28 heavy (non-hydrogen) atoms. The van der Waals surface area contributed by atoms with Gasteiger partial charge in [-0.05, 0) is 44.3 Å². The summed E-state index contributed by atoms with van der Waals surface area (Å²) in [6, 6.07) is 9.23. The van der Waals surface area contributed by atoms with E-state index in [4.69, 9.17) is 5.73 Å².